The van der Waals surface area contributed by atoms with Gasteiger partial charge in [0.15, 0.2) is 0 Å². The van der Waals surface area contributed by atoms with E-state index >= 15 is 0 Å². The van der Waals surface area contributed by atoms with Crippen molar-refractivity contribution in [2.24, 2.45) is 0 Å². The van der Waals surface area contributed by atoms with Crippen LogP contribution >= 0.6 is 0 Å². The van der Waals surface area contributed by atoms with Crippen molar-refractivity contribution in [1.82, 2.24) is 5.32 Å². The van der Waals surface area contributed by atoms with Crippen molar-refractivity contribution in [3.05, 3.63) is 59.7 Å². The van der Waals surface area contributed by atoms with Crippen LogP contribution in [-0.2, 0) is 0 Å². The number of nitrogens with one attached hydrogen (secondary N) is 2. The van der Waals surface area contributed by atoms with Gasteiger partial charge in [0.05, 0.1) is 0 Å². The third-order valence-corrected chi connectivity index (χ3v) is 5.15. The molecular formula is C22H25N3O2. The molecule has 2 aromatic carbocycles. The molecule has 140 valence electrons. The van der Waals surface area contributed by atoms with Gasteiger partial charge in [-0.3, -0.25) is 9.59 Å². The number of nitrogens with zero attached hydrogens (tertiary/aromatic N) is 1. The molecule has 1 saturated heterocycles. The molecule has 0 radical (unpaired) electrons. The summed E-state index contributed by atoms with van der Waals surface area (Å²) in [5.74, 6) is -0.320. The minimum Gasteiger partial charge on any atom is -0.372 e. The molecule has 2 N–H and O–H groups in total. The van der Waals surface area contributed by atoms with Gasteiger partial charge in [0.1, 0.15) is 0 Å². The highest BCUT2D eigenvalue weighted by Crippen LogP contribution is 2.22. The Hall–Kier alpha value is -2.82. The van der Waals surface area contributed by atoms with Crippen LogP contribution in [0.2, 0.25) is 0 Å². The van der Waals surface area contributed by atoms with Gasteiger partial charge in [-0.2, -0.15) is 0 Å². The second kappa shape index (κ2) is 7.82. The molecule has 1 heterocycles. The Morgan fingerprint density at radius 2 is 1.52 bits per heavy atom. The fraction of sp³-hybridized carbons (Fsp3) is 0.364. The molecule has 2 amide bonds. The number of benzene rings is 2. The van der Waals surface area contributed by atoms with E-state index in [2.05, 4.69) is 27.7 Å². The molecular weight excluding hydrogens is 338 g/mol. The Balaban J connectivity index is 1.40. The first-order valence-corrected chi connectivity index (χ1v) is 9.76. The van der Waals surface area contributed by atoms with Crippen LogP contribution in [-0.4, -0.2) is 30.9 Å². The summed E-state index contributed by atoms with van der Waals surface area (Å²) in [4.78, 5) is 27.1. The minimum absolute atomic E-state index is 0.113. The quantitative estimate of drug-likeness (QED) is 0.849. The standard InChI is InChI=1S/C22H25N3O2/c26-21(23-18-7-8-18)16-5-4-6-17(15-16)22(27)24-19-9-11-20(12-10-19)25-13-2-1-3-14-25/h4-6,9-12,15,18H,1-3,7-8,13-14H2,(H,23,26)(H,24,27). The zero-order valence-corrected chi connectivity index (χ0v) is 15.4. The van der Waals surface area contributed by atoms with Gasteiger partial charge in [-0.15, -0.1) is 0 Å². The Morgan fingerprint density at radius 3 is 2.19 bits per heavy atom. The van der Waals surface area contributed by atoms with Crippen LogP contribution < -0.4 is 15.5 Å². The lowest BCUT2D eigenvalue weighted by atomic mass is 10.1. The zero-order valence-electron chi connectivity index (χ0n) is 15.4. The number of hydrogen-bond donors (Lipinski definition) is 2. The fourth-order valence-electron chi connectivity index (χ4n) is 3.41. The van der Waals surface area contributed by atoms with Crippen molar-refractivity contribution < 1.29 is 9.59 Å². The highest BCUT2D eigenvalue weighted by Gasteiger charge is 2.24. The number of carbonyl (C=O) groups excluding carboxylic acids is 2. The van der Waals surface area contributed by atoms with Gasteiger partial charge in [-0.25, -0.2) is 0 Å². The first-order valence-electron chi connectivity index (χ1n) is 9.76. The summed E-state index contributed by atoms with van der Waals surface area (Å²) in [5.41, 5.74) is 2.97. The van der Waals surface area contributed by atoms with Crippen molar-refractivity contribution in [2.75, 3.05) is 23.3 Å². The number of rotatable bonds is 5. The summed E-state index contributed by atoms with van der Waals surface area (Å²) < 4.78 is 0. The van der Waals surface area contributed by atoms with Gasteiger partial charge < -0.3 is 15.5 Å². The minimum atomic E-state index is -0.207. The van der Waals surface area contributed by atoms with E-state index in [1.54, 1.807) is 24.3 Å². The van der Waals surface area contributed by atoms with Gasteiger partial charge in [0.2, 0.25) is 0 Å². The highest BCUT2D eigenvalue weighted by molar-refractivity contribution is 6.06. The van der Waals surface area contributed by atoms with Crippen molar-refractivity contribution >= 4 is 23.2 Å². The molecule has 4 rings (SSSR count). The van der Waals surface area contributed by atoms with Crippen molar-refractivity contribution in [3.63, 3.8) is 0 Å². The molecule has 27 heavy (non-hydrogen) atoms. The Morgan fingerprint density at radius 1 is 0.852 bits per heavy atom. The molecule has 0 bridgehead atoms. The van der Waals surface area contributed by atoms with Gasteiger partial charge in [0, 0.05) is 41.6 Å². The van der Waals surface area contributed by atoms with Crippen LogP contribution in [0.15, 0.2) is 48.5 Å². The molecule has 1 aliphatic carbocycles. The van der Waals surface area contributed by atoms with Crippen molar-refractivity contribution in [3.8, 4) is 0 Å². The maximum absolute atomic E-state index is 12.6. The van der Waals surface area contributed by atoms with E-state index in [0.717, 1.165) is 31.6 Å². The largest absolute Gasteiger partial charge is 0.372 e. The number of amides is 2. The van der Waals surface area contributed by atoms with Gasteiger partial charge >= 0.3 is 0 Å². The topological polar surface area (TPSA) is 61.4 Å². The Kier molecular flexibility index (Phi) is 5.10. The van der Waals surface area contributed by atoms with Crippen molar-refractivity contribution in [1.29, 1.82) is 0 Å². The summed E-state index contributed by atoms with van der Waals surface area (Å²) in [6.07, 6.45) is 5.87. The maximum Gasteiger partial charge on any atom is 0.255 e. The fourth-order valence-corrected chi connectivity index (χ4v) is 3.41. The van der Waals surface area contributed by atoms with Crippen LogP contribution in [0.25, 0.3) is 0 Å². The molecule has 2 aliphatic rings. The molecule has 1 saturated carbocycles. The van der Waals surface area contributed by atoms with E-state index in [-0.39, 0.29) is 11.8 Å². The molecule has 0 aromatic heterocycles. The number of hydrogen-bond acceptors (Lipinski definition) is 3. The van der Waals surface area contributed by atoms with Gasteiger partial charge in [0.25, 0.3) is 11.8 Å². The number of anilines is 2. The summed E-state index contributed by atoms with van der Waals surface area (Å²) in [5, 5.41) is 5.87. The molecule has 2 fully saturated rings. The first kappa shape index (κ1) is 17.6. The average Bonchev–Trinajstić information content (AvgIpc) is 3.53. The van der Waals surface area contributed by atoms with Crippen LogP contribution in [0, 0.1) is 0 Å². The highest BCUT2D eigenvalue weighted by atomic mass is 16.2. The van der Waals surface area contributed by atoms with Gasteiger partial charge in [-0.1, -0.05) is 6.07 Å². The lowest BCUT2D eigenvalue weighted by molar-refractivity contribution is 0.0951. The predicted octanol–water partition coefficient (Wildman–Crippen LogP) is 3.82. The number of carbonyl (C=O) groups is 2. The molecule has 0 spiro atoms. The summed E-state index contributed by atoms with van der Waals surface area (Å²) in [6.45, 7) is 2.20. The van der Waals surface area contributed by atoms with Crippen LogP contribution in [0.5, 0.6) is 0 Å². The molecule has 2 aromatic rings. The van der Waals surface area contributed by atoms with Gasteiger partial charge in [-0.05, 0) is 74.6 Å². The molecule has 5 heteroatoms. The molecule has 5 nitrogen and oxygen atoms in total. The maximum atomic E-state index is 12.6. The van der Waals surface area contributed by atoms with E-state index in [0.29, 0.717) is 17.2 Å². The normalized spacial score (nSPS) is 16.7. The summed E-state index contributed by atoms with van der Waals surface area (Å²) in [6, 6.07) is 15.1. The molecule has 0 atom stereocenters. The Labute approximate surface area is 159 Å². The van der Waals surface area contributed by atoms with E-state index < -0.39 is 0 Å². The van der Waals surface area contributed by atoms with Crippen LogP contribution in [0.4, 0.5) is 11.4 Å². The molecule has 1 aliphatic heterocycles. The van der Waals surface area contributed by atoms with Crippen LogP contribution in [0.1, 0.15) is 52.8 Å². The second-order valence-electron chi connectivity index (χ2n) is 7.38. The monoisotopic (exact) mass is 363 g/mol. The second-order valence-corrected chi connectivity index (χ2v) is 7.38. The van der Waals surface area contributed by atoms with E-state index in [1.807, 2.05) is 12.1 Å². The lowest BCUT2D eigenvalue weighted by Crippen LogP contribution is -2.29. The van der Waals surface area contributed by atoms with Crippen molar-refractivity contribution in [2.45, 2.75) is 38.1 Å². The van der Waals surface area contributed by atoms with E-state index in [4.69, 9.17) is 0 Å². The summed E-state index contributed by atoms with van der Waals surface area (Å²) in [7, 11) is 0. The lowest BCUT2D eigenvalue weighted by Gasteiger charge is -2.28. The van der Waals surface area contributed by atoms with E-state index in [9.17, 15) is 9.59 Å². The Bertz CT molecular complexity index is 822. The molecule has 0 unspecified atom stereocenters. The SMILES string of the molecule is O=C(Nc1ccc(N2CCCCC2)cc1)c1cccc(C(=O)NC2CC2)c1. The predicted molar refractivity (Wildman–Crippen MR) is 107 cm³/mol. The first-order chi connectivity index (χ1) is 13.2. The third-order valence-electron chi connectivity index (χ3n) is 5.15. The average molecular weight is 363 g/mol. The smallest absolute Gasteiger partial charge is 0.255 e. The zero-order chi connectivity index (χ0) is 18.6. The third kappa shape index (κ3) is 4.48. The number of piperidine rings is 1. The van der Waals surface area contributed by atoms with Crippen LogP contribution in [0.3, 0.4) is 0 Å². The summed E-state index contributed by atoms with van der Waals surface area (Å²) >= 11 is 0. The van der Waals surface area contributed by atoms with E-state index in [1.165, 1.54) is 24.9 Å².